The van der Waals surface area contributed by atoms with Crippen LogP contribution in [-0.4, -0.2) is 51.0 Å². The van der Waals surface area contributed by atoms with Crippen LogP contribution in [0.5, 0.6) is 0 Å². The fourth-order valence-electron chi connectivity index (χ4n) is 1.94. The number of nitrogens with zero attached hydrogens (tertiary/aromatic N) is 1. The number of carbonyl (C=O) groups is 2. The molecule has 2 aliphatic heterocycles. The first-order chi connectivity index (χ1) is 8.14. The van der Waals surface area contributed by atoms with E-state index >= 15 is 0 Å². The molecule has 2 heterocycles. The average molecular weight is 293 g/mol. The van der Waals surface area contributed by atoms with Gasteiger partial charge in [0.05, 0.1) is 6.54 Å². The minimum absolute atomic E-state index is 0.0492. The minimum atomic E-state index is -1.16. The Morgan fingerprint density at radius 2 is 2.22 bits per heavy atom. The number of ether oxygens (including phenoxy) is 1. The molecule has 102 valence electrons. The van der Waals surface area contributed by atoms with Gasteiger partial charge in [-0.2, -0.15) is 0 Å². The third-order valence-electron chi connectivity index (χ3n) is 2.85. The van der Waals surface area contributed by atoms with Crippen molar-refractivity contribution in [2.45, 2.75) is 42.7 Å². The van der Waals surface area contributed by atoms with Gasteiger partial charge in [-0.05, 0) is 20.8 Å². The Bertz CT molecular complexity index is 398. The molecule has 7 heteroatoms. The van der Waals surface area contributed by atoms with Crippen LogP contribution >= 0.6 is 23.4 Å². The van der Waals surface area contributed by atoms with E-state index in [1.54, 1.807) is 25.7 Å². The van der Waals surface area contributed by atoms with Crippen LogP contribution in [0.2, 0.25) is 0 Å². The molecule has 3 atom stereocenters. The highest BCUT2D eigenvalue weighted by Gasteiger charge is 2.56. The maximum Gasteiger partial charge on any atom is 0.330 e. The Balaban J connectivity index is 2.05. The van der Waals surface area contributed by atoms with E-state index in [0.29, 0.717) is 5.75 Å². The van der Waals surface area contributed by atoms with Crippen molar-refractivity contribution in [1.82, 2.24) is 4.90 Å². The Morgan fingerprint density at radius 1 is 1.61 bits per heavy atom. The topological polar surface area (TPSA) is 72.6 Å². The summed E-state index contributed by atoms with van der Waals surface area (Å²) >= 11 is 7.74. The molecule has 2 fully saturated rings. The molecular weight excluding hydrogens is 276 g/mol. The van der Waals surface area contributed by atoms with Gasteiger partial charge in [-0.15, -0.1) is 23.4 Å². The van der Waals surface area contributed by atoms with Gasteiger partial charge in [0.1, 0.15) is 17.0 Å². The average Bonchev–Trinajstić information content (AvgIpc) is 2.25. The second-order valence-electron chi connectivity index (χ2n) is 5.66. The summed E-state index contributed by atoms with van der Waals surface area (Å²) in [7, 11) is 0. The van der Waals surface area contributed by atoms with Gasteiger partial charge in [0.25, 0.3) is 0 Å². The molecule has 1 amide bonds. The summed E-state index contributed by atoms with van der Waals surface area (Å²) < 4.78 is 5.30. The van der Waals surface area contributed by atoms with E-state index in [-0.39, 0.29) is 17.8 Å². The monoisotopic (exact) mass is 292 g/mol. The lowest BCUT2D eigenvalue weighted by molar-refractivity contribution is -0.160. The largest absolute Gasteiger partial charge is 0.459 e. The lowest BCUT2D eigenvalue weighted by Crippen LogP contribution is -2.73. The summed E-state index contributed by atoms with van der Waals surface area (Å²) in [6, 6.07) is -0.463. The van der Waals surface area contributed by atoms with Crippen LogP contribution in [0.25, 0.3) is 0 Å². The fourth-order valence-corrected chi connectivity index (χ4v) is 3.62. The zero-order chi connectivity index (χ0) is 13.7. The normalized spacial score (nSPS) is 35.8. The van der Waals surface area contributed by atoms with Crippen LogP contribution in [0.1, 0.15) is 20.8 Å². The van der Waals surface area contributed by atoms with Crippen molar-refractivity contribution in [3.8, 4) is 0 Å². The molecule has 0 spiro atoms. The molecule has 2 N–H and O–H groups in total. The van der Waals surface area contributed by atoms with Gasteiger partial charge in [-0.3, -0.25) is 9.59 Å². The molecule has 2 saturated heterocycles. The molecule has 0 radical (unpaired) electrons. The molecule has 5 nitrogen and oxygen atoms in total. The lowest BCUT2D eigenvalue weighted by atomic mass is 10.0. The molecule has 2 aliphatic rings. The number of halogens is 1. The Hall–Kier alpha value is -0.460. The minimum Gasteiger partial charge on any atom is -0.459 e. The maximum atomic E-state index is 12.1. The van der Waals surface area contributed by atoms with Crippen molar-refractivity contribution in [2.24, 2.45) is 5.73 Å². The molecule has 2 rings (SSSR count). The number of esters is 1. The summed E-state index contributed by atoms with van der Waals surface area (Å²) in [6.45, 7) is 5.53. The van der Waals surface area contributed by atoms with Crippen LogP contribution < -0.4 is 5.73 Å². The molecular formula is C11H17ClN2O3S. The predicted octanol–water partition coefficient (Wildman–Crippen LogP) is 0.548. The summed E-state index contributed by atoms with van der Waals surface area (Å²) in [4.78, 5) is 24.0. The first-order valence-corrected chi connectivity index (χ1v) is 7.17. The molecule has 0 aromatic rings. The van der Waals surface area contributed by atoms with Gasteiger partial charge in [0.2, 0.25) is 5.91 Å². The molecule has 18 heavy (non-hydrogen) atoms. The Labute approximate surface area is 115 Å². The smallest absolute Gasteiger partial charge is 0.330 e. The quantitative estimate of drug-likeness (QED) is 0.434. The Morgan fingerprint density at radius 3 is 2.78 bits per heavy atom. The highest BCUT2D eigenvalue weighted by Crippen LogP contribution is 2.41. The summed E-state index contributed by atoms with van der Waals surface area (Å²) in [6.07, 6.45) is 0. The van der Waals surface area contributed by atoms with Crippen molar-refractivity contribution in [3.63, 3.8) is 0 Å². The van der Waals surface area contributed by atoms with Gasteiger partial charge >= 0.3 is 5.97 Å². The van der Waals surface area contributed by atoms with E-state index in [9.17, 15) is 9.59 Å². The highest BCUT2D eigenvalue weighted by molar-refractivity contribution is 8.00. The van der Waals surface area contributed by atoms with E-state index in [2.05, 4.69) is 0 Å². The summed E-state index contributed by atoms with van der Waals surface area (Å²) in [5, 5.41) is -0.0492. The Kier molecular flexibility index (Phi) is 3.32. The number of alkyl halides is 1. The third kappa shape index (κ3) is 2.33. The molecule has 0 aromatic carbocycles. The molecule has 0 bridgehead atoms. The van der Waals surface area contributed by atoms with Gasteiger partial charge in [-0.1, -0.05) is 0 Å². The van der Waals surface area contributed by atoms with Crippen LogP contribution in [0.4, 0.5) is 0 Å². The van der Waals surface area contributed by atoms with Gasteiger partial charge in [0, 0.05) is 5.75 Å². The number of fused-ring (bicyclic) bond motifs is 1. The number of amides is 1. The maximum absolute atomic E-state index is 12.1. The predicted molar refractivity (Wildman–Crippen MR) is 70.4 cm³/mol. The van der Waals surface area contributed by atoms with E-state index < -0.39 is 22.5 Å². The van der Waals surface area contributed by atoms with Crippen LogP contribution in [0, 0.1) is 0 Å². The number of nitrogens with two attached hydrogens (primary N) is 1. The number of hydrogen-bond donors (Lipinski definition) is 1. The number of hydrogen-bond acceptors (Lipinski definition) is 5. The van der Waals surface area contributed by atoms with Crippen LogP contribution in [0.15, 0.2) is 0 Å². The highest BCUT2D eigenvalue weighted by atomic mass is 35.5. The van der Waals surface area contributed by atoms with E-state index in [1.807, 2.05) is 0 Å². The third-order valence-corrected chi connectivity index (χ3v) is 4.97. The lowest BCUT2D eigenvalue weighted by Gasteiger charge is -2.51. The zero-order valence-electron chi connectivity index (χ0n) is 10.6. The molecule has 0 saturated carbocycles. The first kappa shape index (κ1) is 14.0. The first-order valence-electron chi connectivity index (χ1n) is 5.74. The van der Waals surface area contributed by atoms with Crippen molar-refractivity contribution in [3.05, 3.63) is 0 Å². The van der Waals surface area contributed by atoms with Crippen LogP contribution in [-0.2, 0) is 14.3 Å². The number of β-lactam (4-membered cyclic amide) rings is 1. The van der Waals surface area contributed by atoms with Gasteiger partial charge in [-0.25, -0.2) is 0 Å². The molecule has 2 unspecified atom stereocenters. The van der Waals surface area contributed by atoms with Crippen molar-refractivity contribution in [2.75, 3.05) is 12.3 Å². The van der Waals surface area contributed by atoms with E-state index in [4.69, 9.17) is 22.1 Å². The summed E-state index contributed by atoms with van der Waals surface area (Å²) in [5.74, 6) is -0.220. The van der Waals surface area contributed by atoms with Gasteiger partial charge in [0.15, 0.2) is 4.87 Å². The fraction of sp³-hybridized carbons (Fsp3) is 0.818. The van der Waals surface area contributed by atoms with E-state index in [0.717, 1.165) is 0 Å². The SMILES string of the molecule is CC(C)(C)OC(=O)C1(Cl)CS[C@@H]2C(N)C(=O)N2C1. The standard InChI is InChI=1S/C11H17ClN2O3S/c1-10(2,3)17-9(16)11(12)4-14-7(15)6(13)8(14)18-5-11/h6,8H,4-5,13H2,1-3H3/t6?,8-,11?/m1/s1. The second kappa shape index (κ2) is 4.28. The van der Waals surface area contributed by atoms with Crippen LogP contribution in [0.3, 0.4) is 0 Å². The van der Waals surface area contributed by atoms with Gasteiger partial charge < -0.3 is 15.4 Å². The number of rotatable bonds is 1. The molecule has 0 aliphatic carbocycles. The number of carbonyl (C=O) groups excluding carboxylic acids is 2. The van der Waals surface area contributed by atoms with Crippen molar-refractivity contribution in [1.29, 1.82) is 0 Å². The number of thioether (sulfide) groups is 1. The summed E-state index contributed by atoms with van der Waals surface area (Å²) in [5.41, 5.74) is 5.08. The molecule has 0 aromatic heterocycles. The van der Waals surface area contributed by atoms with Crippen molar-refractivity contribution >= 4 is 35.2 Å². The zero-order valence-corrected chi connectivity index (χ0v) is 12.2. The second-order valence-corrected chi connectivity index (χ2v) is 7.49. The van der Waals surface area contributed by atoms with Crippen molar-refractivity contribution < 1.29 is 14.3 Å². The van der Waals surface area contributed by atoms with E-state index in [1.165, 1.54) is 11.8 Å².